The lowest BCUT2D eigenvalue weighted by molar-refractivity contribution is -0.289. The third-order valence-electron chi connectivity index (χ3n) is 5.98. The molecule has 1 fully saturated rings. The minimum Gasteiger partial charge on any atom is -0.478 e. The molecule has 1 heterocycles. The topological polar surface area (TPSA) is 161 Å². The van der Waals surface area contributed by atoms with E-state index in [4.69, 9.17) is 28.4 Å². The Labute approximate surface area is 239 Å². The van der Waals surface area contributed by atoms with Crippen LogP contribution in [0.1, 0.15) is 89.4 Å². The fraction of sp³-hybridized carbons (Fsp3) is 0.621. The summed E-state index contributed by atoms with van der Waals surface area (Å²) in [4.78, 5) is 62.1. The number of esters is 4. The van der Waals surface area contributed by atoms with E-state index in [-0.39, 0.29) is 37.0 Å². The van der Waals surface area contributed by atoms with Gasteiger partial charge in [-0.2, -0.15) is 0 Å². The van der Waals surface area contributed by atoms with Crippen LogP contribution in [0.3, 0.4) is 0 Å². The summed E-state index contributed by atoms with van der Waals surface area (Å²) in [6, 6.07) is 5.75. The van der Waals surface area contributed by atoms with E-state index in [1.165, 1.54) is 18.2 Å². The SMILES string of the molecule is CCCC(=O)OC[C@H]1O[C@@H](Oc2ccccc2C(=O)O)[C@H](OC(=O)CCC)[C@@H](OC(=O)CCC)[C@@H]1OC(=O)CCC. The maximum atomic E-state index is 12.7. The van der Waals surface area contributed by atoms with Crippen molar-refractivity contribution in [3.63, 3.8) is 0 Å². The smallest absolute Gasteiger partial charge is 0.339 e. The average molecular weight is 581 g/mol. The summed E-state index contributed by atoms with van der Waals surface area (Å²) in [6.07, 6.45) is -4.83. The Bertz CT molecular complexity index is 1040. The Morgan fingerprint density at radius 1 is 0.707 bits per heavy atom. The molecule has 0 radical (unpaired) electrons. The summed E-state index contributed by atoms with van der Waals surface area (Å²) < 4.78 is 34.5. The van der Waals surface area contributed by atoms with Crippen molar-refractivity contribution in [2.75, 3.05) is 6.61 Å². The molecule has 12 nitrogen and oxygen atoms in total. The van der Waals surface area contributed by atoms with Gasteiger partial charge in [-0.05, 0) is 37.8 Å². The number of aromatic carboxylic acids is 1. The molecular weight excluding hydrogens is 540 g/mol. The quantitative estimate of drug-likeness (QED) is 0.222. The molecule has 0 spiro atoms. The molecular formula is C29H40O12. The second kappa shape index (κ2) is 17.2. The van der Waals surface area contributed by atoms with Crippen molar-refractivity contribution in [1.82, 2.24) is 0 Å². The summed E-state index contributed by atoms with van der Waals surface area (Å²) in [7, 11) is 0. The van der Waals surface area contributed by atoms with Gasteiger partial charge in [0.25, 0.3) is 0 Å². The number of ether oxygens (including phenoxy) is 6. The number of carboxylic acids is 1. The van der Waals surface area contributed by atoms with Crippen molar-refractivity contribution in [3.8, 4) is 5.75 Å². The van der Waals surface area contributed by atoms with E-state index in [0.29, 0.717) is 25.7 Å². The summed E-state index contributed by atoms with van der Waals surface area (Å²) in [6.45, 7) is 6.72. The zero-order valence-corrected chi connectivity index (χ0v) is 24.0. The first-order valence-electron chi connectivity index (χ1n) is 14.0. The van der Waals surface area contributed by atoms with Gasteiger partial charge < -0.3 is 33.5 Å². The first-order valence-corrected chi connectivity index (χ1v) is 14.0. The van der Waals surface area contributed by atoms with Crippen LogP contribution >= 0.6 is 0 Å². The molecule has 1 aliphatic heterocycles. The van der Waals surface area contributed by atoms with Gasteiger partial charge in [-0.25, -0.2) is 4.79 Å². The van der Waals surface area contributed by atoms with E-state index in [9.17, 15) is 29.1 Å². The van der Waals surface area contributed by atoms with E-state index in [0.717, 1.165) is 0 Å². The molecule has 0 saturated carbocycles. The Kier molecular flexibility index (Phi) is 14.1. The van der Waals surface area contributed by atoms with Crippen LogP contribution in [0.5, 0.6) is 5.75 Å². The lowest BCUT2D eigenvalue weighted by Crippen LogP contribution is -2.64. The highest BCUT2D eigenvalue weighted by molar-refractivity contribution is 5.90. The fourth-order valence-corrected chi connectivity index (χ4v) is 4.08. The summed E-state index contributed by atoms with van der Waals surface area (Å²) in [5, 5.41) is 9.66. The first kappa shape index (κ1) is 33.5. The molecule has 0 bridgehead atoms. The number of carbonyl (C=O) groups excluding carboxylic acids is 4. The molecule has 0 aromatic heterocycles. The maximum Gasteiger partial charge on any atom is 0.339 e. The number of benzene rings is 1. The zero-order valence-electron chi connectivity index (χ0n) is 24.0. The second-order valence-corrected chi connectivity index (χ2v) is 9.51. The van der Waals surface area contributed by atoms with Crippen molar-refractivity contribution in [3.05, 3.63) is 29.8 Å². The van der Waals surface area contributed by atoms with Crippen LogP contribution in [0.15, 0.2) is 24.3 Å². The van der Waals surface area contributed by atoms with Gasteiger partial charge in [0.1, 0.15) is 24.0 Å². The molecule has 1 N–H and O–H groups in total. The first-order chi connectivity index (χ1) is 19.6. The van der Waals surface area contributed by atoms with Crippen LogP contribution in [0.25, 0.3) is 0 Å². The van der Waals surface area contributed by atoms with Crippen LogP contribution in [-0.4, -0.2) is 72.3 Å². The molecule has 5 atom stereocenters. The molecule has 0 unspecified atom stereocenters. The third kappa shape index (κ3) is 10.3. The monoisotopic (exact) mass is 580 g/mol. The van der Waals surface area contributed by atoms with Crippen LogP contribution in [0.4, 0.5) is 0 Å². The summed E-state index contributed by atoms with van der Waals surface area (Å²) in [5.41, 5.74) is -0.198. The van der Waals surface area contributed by atoms with Gasteiger partial charge in [-0.15, -0.1) is 0 Å². The van der Waals surface area contributed by atoms with Gasteiger partial charge in [0.2, 0.25) is 12.4 Å². The van der Waals surface area contributed by atoms with Gasteiger partial charge in [-0.1, -0.05) is 39.8 Å². The van der Waals surface area contributed by atoms with Crippen molar-refractivity contribution in [2.45, 2.75) is 110 Å². The second-order valence-electron chi connectivity index (χ2n) is 9.51. The van der Waals surface area contributed by atoms with Crippen molar-refractivity contribution in [2.24, 2.45) is 0 Å². The van der Waals surface area contributed by atoms with Gasteiger partial charge in [0, 0.05) is 25.7 Å². The lowest BCUT2D eigenvalue weighted by Gasteiger charge is -2.44. The van der Waals surface area contributed by atoms with Gasteiger partial charge in [0.15, 0.2) is 12.2 Å². The van der Waals surface area contributed by atoms with Crippen LogP contribution in [0, 0.1) is 0 Å². The largest absolute Gasteiger partial charge is 0.478 e. The Hall–Kier alpha value is -3.67. The Morgan fingerprint density at radius 2 is 1.20 bits per heavy atom. The van der Waals surface area contributed by atoms with Gasteiger partial charge in [0.05, 0.1) is 0 Å². The Morgan fingerprint density at radius 3 is 1.73 bits per heavy atom. The van der Waals surface area contributed by atoms with Crippen LogP contribution < -0.4 is 4.74 Å². The zero-order chi connectivity index (χ0) is 30.4. The summed E-state index contributed by atoms with van der Waals surface area (Å²) in [5.74, 6) is -3.86. The van der Waals surface area contributed by atoms with Gasteiger partial charge in [-0.3, -0.25) is 19.2 Å². The lowest BCUT2D eigenvalue weighted by atomic mass is 9.97. The maximum absolute atomic E-state index is 12.7. The molecule has 1 aromatic carbocycles. The molecule has 1 saturated heterocycles. The standard InChI is InChI=1S/C29H40O12/c1-5-11-21(30)36-17-20-25(39-22(31)12-6-2)26(40-23(32)13-7-3)27(41-24(33)14-8-4)29(38-20)37-19-16-10-9-15-18(19)28(34)35/h9-10,15-16,20,25-27,29H,5-8,11-14,17H2,1-4H3,(H,34,35)/t20-,25-,26+,27-,29-/m1/s1. The summed E-state index contributed by atoms with van der Waals surface area (Å²) >= 11 is 0. The number of carbonyl (C=O) groups is 5. The predicted octanol–water partition coefficient (Wildman–Crippen LogP) is 3.97. The number of rotatable bonds is 16. The average Bonchev–Trinajstić information content (AvgIpc) is 2.91. The van der Waals surface area contributed by atoms with Crippen molar-refractivity contribution in [1.29, 1.82) is 0 Å². The van der Waals surface area contributed by atoms with E-state index in [1.54, 1.807) is 33.8 Å². The van der Waals surface area contributed by atoms with Gasteiger partial charge >= 0.3 is 29.8 Å². The highest BCUT2D eigenvalue weighted by Crippen LogP contribution is 2.32. The van der Waals surface area contributed by atoms with Crippen LogP contribution in [0.2, 0.25) is 0 Å². The number of para-hydroxylation sites is 1. The van der Waals surface area contributed by atoms with E-state index >= 15 is 0 Å². The minimum atomic E-state index is -1.52. The number of hydrogen-bond donors (Lipinski definition) is 1. The molecule has 1 aliphatic rings. The van der Waals surface area contributed by atoms with Crippen LogP contribution in [-0.2, 0) is 42.9 Å². The molecule has 228 valence electrons. The normalized spacial score (nSPS) is 21.8. The molecule has 0 aliphatic carbocycles. The number of hydrogen-bond acceptors (Lipinski definition) is 11. The number of carboxylic acid groups (broad SMARTS) is 1. The molecule has 0 amide bonds. The predicted molar refractivity (Wildman–Crippen MR) is 143 cm³/mol. The van der Waals surface area contributed by atoms with E-state index in [2.05, 4.69) is 0 Å². The highest BCUT2D eigenvalue weighted by Gasteiger charge is 2.54. The minimum absolute atomic E-state index is 0.0168. The molecule has 12 heteroatoms. The molecule has 41 heavy (non-hydrogen) atoms. The van der Waals surface area contributed by atoms with Crippen molar-refractivity contribution < 1.29 is 57.5 Å². The Balaban J connectivity index is 2.59. The molecule has 2 rings (SSSR count). The van der Waals surface area contributed by atoms with E-state index < -0.39 is 67.2 Å². The van der Waals surface area contributed by atoms with E-state index in [1.807, 2.05) is 0 Å². The fourth-order valence-electron chi connectivity index (χ4n) is 4.08. The molecule has 1 aromatic rings. The van der Waals surface area contributed by atoms with Crippen molar-refractivity contribution >= 4 is 29.8 Å². The third-order valence-corrected chi connectivity index (χ3v) is 5.98. The highest BCUT2D eigenvalue weighted by atomic mass is 16.7.